The second kappa shape index (κ2) is 5.90. The minimum atomic E-state index is -0.541. The molecule has 124 valence electrons. The van der Waals surface area contributed by atoms with Crippen LogP contribution in [0, 0.1) is 5.82 Å². The fraction of sp³-hybridized carbons (Fsp3) is 0.0526. The predicted octanol–water partition coefficient (Wildman–Crippen LogP) is 3.92. The Morgan fingerprint density at radius 1 is 1.12 bits per heavy atom. The highest BCUT2D eigenvalue weighted by Gasteiger charge is 2.21. The molecule has 0 radical (unpaired) electrons. The number of methoxy groups -OCH3 is 1. The summed E-state index contributed by atoms with van der Waals surface area (Å²) < 4.78 is 21.5. The Balaban J connectivity index is 2.06. The lowest BCUT2D eigenvalue weighted by Crippen LogP contribution is -1.92. The van der Waals surface area contributed by atoms with Crippen molar-refractivity contribution in [3.8, 4) is 34.1 Å². The van der Waals surface area contributed by atoms with Crippen molar-refractivity contribution < 1.29 is 14.2 Å². The topological polar surface area (TPSA) is 59.7 Å². The van der Waals surface area contributed by atoms with Crippen LogP contribution in [0.3, 0.4) is 0 Å². The molecule has 0 aliphatic heterocycles. The maximum atomic E-state index is 14.4. The van der Waals surface area contributed by atoms with Crippen molar-refractivity contribution >= 4 is 5.52 Å². The number of benzene rings is 1. The van der Waals surface area contributed by atoms with Gasteiger partial charge in [-0.2, -0.15) is 0 Å². The molecule has 0 saturated carbocycles. The van der Waals surface area contributed by atoms with Gasteiger partial charge in [-0.15, -0.1) is 0 Å². The Morgan fingerprint density at radius 3 is 2.80 bits per heavy atom. The molecule has 0 saturated heterocycles. The van der Waals surface area contributed by atoms with Gasteiger partial charge in [0.25, 0.3) is 0 Å². The summed E-state index contributed by atoms with van der Waals surface area (Å²) >= 11 is 0. The summed E-state index contributed by atoms with van der Waals surface area (Å²) in [6.45, 7) is 0. The van der Waals surface area contributed by atoms with Crippen LogP contribution >= 0.6 is 0 Å². The van der Waals surface area contributed by atoms with Gasteiger partial charge < -0.3 is 9.84 Å². The SMILES string of the molecule is COc1ccncc1-c1nc(-c2c(O)cccc2F)n2ccccc12. The minimum absolute atomic E-state index is 0.0535. The Morgan fingerprint density at radius 2 is 2.00 bits per heavy atom. The van der Waals surface area contributed by atoms with E-state index in [2.05, 4.69) is 9.97 Å². The number of pyridine rings is 2. The number of aromatic hydroxyl groups is 1. The third kappa shape index (κ3) is 2.39. The fourth-order valence-electron chi connectivity index (χ4n) is 2.88. The summed E-state index contributed by atoms with van der Waals surface area (Å²) in [4.78, 5) is 8.74. The number of nitrogens with zero attached hydrogens (tertiary/aromatic N) is 3. The molecule has 0 spiro atoms. The van der Waals surface area contributed by atoms with E-state index in [1.54, 1.807) is 36.2 Å². The molecule has 0 aliphatic rings. The van der Waals surface area contributed by atoms with Gasteiger partial charge in [0.2, 0.25) is 0 Å². The van der Waals surface area contributed by atoms with Crippen molar-refractivity contribution in [2.75, 3.05) is 7.11 Å². The summed E-state index contributed by atoms with van der Waals surface area (Å²) in [6.07, 6.45) is 5.05. The average Bonchev–Trinajstić information content (AvgIpc) is 3.01. The second-order valence-corrected chi connectivity index (χ2v) is 5.45. The molecule has 4 rings (SSSR count). The normalized spacial score (nSPS) is 11.0. The molecule has 1 aromatic carbocycles. The fourth-order valence-corrected chi connectivity index (χ4v) is 2.88. The van der Waals surface area contributed by atoms with Crippen LogP contribution in [0.25, 0.3) is 28.2 Å². The lowest BCUT2D eigenvalue weighted by atomic mass is 10.1. The van der Waals surface area contributed by atoms with Gasteiger partial charge in [0.05, 0.1) is 23.8 Å². The molecular formula is C19H14FN3O2. The standard InChI is InChI=1S/C19H14FN3O2/c1-25-16-8-9-21-11-12(16)18-14-6-2-3-10-23(14)19(22-18)17-13(20)5-4-7-15(17)24/h2-11,24H,1H3. The highest BCUT2D eigenvalue weighted by molar-refractivity contribution is 5.84. The van der Waals surface area contributed by atoms with Gasteiger partial charge in [-0.25, -0.2) is 9.37 Å². The van der Waals surface area contributed by atoms with E-state index >= 15 is 0 Å². The number of rotatable bonds is 3. The van der Waals surface area contributed by atoms with Crippen LogP contribution in [0.4, 0.5) is 4.39 Å². The van der Waals surface area contributed by atoms with Gasteiger partial charge >= 0.3 is 0 Å². The van der Waals surface area contributed by atoms with Crippen molar-refractivity contribution in [2.45, 2.75) is 0 Å². The zero-order valence-electron chi connectivity index (χ0n) is 13.3. The number of aromatic nitrogens is 3. The molecule has 1 N–H and O–H groups in total. The van der Waals surface area contributed by atoms with E-state index in [0.717, 1.165) is 5.52 Å². The summed E-state index contributed by atoms with van der Waals surface area (Å²) in [5.74, 6) is 0.219. The second-order valence-electron chi connectivity index (χ2n) is 5.45. The van der Waals surface area contributed by atoms with E-state index in [4.69, 9.17) is 4.74 Å². The molecule has 0 amide bonds. The Labute approximate surface area is 143 Å². The summed E-state index contributed by atoms with van der Waals surface area (Å²) in [5.41, 5.74) is 2.10. The summed E-state index contributed by atoms with van der Waals surface area (Å²) in [5, 5.41) is 10.2. The highest BCUT2D eigenvalue weighted by atomic mass is 19.1. The summed E-state index contributed by atoms with van der Waals surface area (Å²) in [7, 11) is 1.57. The number of imidazole rings is 1. The predicted molar refractivity (Wildman–Crippen MR) is 92.0 cm³/mol. The largest absolute Gasteiger partial charge is 0.507 e. The van der Waals surface area contributed by atoms with E-state index in [-0.39, 0.29) is 11.3 Å². The van der Waals surface area contributed by atoms with Crippen LogP contribution in [-0.4, -0.2) is 26.6 Å². The van der Waals surface area contributed by atoms with Crippen molar-refractivity contribution in [3.63, 3.8) is 0 Å². The van der Waals surface area contributed by atoms with E-state index in [1.807, 2.05) is 18.2 Å². The first-order chi connectivity index (χ1) is 12.2. The number of fused-ring (bicyclic) bond motifs is 1. The first kappa shape index (κ1) is 15.1. The van der Waals surface area contributed by atoms with Crippen molar-refractivity contribution in [1.82, 2.24) is 14.4 Å². The zero-order valence-corrected chi connectivity index (χ0v) is 13.3. The highest BCUT2D eigenvalue weighted by Crippen LogP contribution is 2.37. The van der Waals surface area contributed by atoms with Crippen LogP contribution in [0.5, 0.6) is 11.5 Å². The molecule has 0 atom stereocenters. The van der Waals surface area contributed by atoms with Crippen LogP contribution in [0.2, 0.25) is 0 Å². The molecule has 6 heteroatoms. The number of hydrogen-bond donors (Lipinski definition) is 1. The molecule has 0 fully saturated rings. The van der Waals surface area contributed by atoms with Gasteiger partial charge in [-0.1, -0.05) is 12.1 Å². The van der Waals surface area contributed by atoms with E-state index in [9.17, 15) is 9.50 Å². The molecule has 3 heterocycles. The first-order valence-corrected chi connectivity index (χ1v) is 7.64. The molecule has 25 heavy (non-hydrogen) atoms. The smallest absolute Gasteiger partial charge is 0.152 e. The molecule has 0 aliphatic carbocycles. The van der Waals surface area contributed by atoms with Crippen molar-refractivity contribution in [1.29, 1.82) is 0 Å². The third-order valence-electron chi connectivity index (χ3n) is 4.02. The van der Waals surface area contributed by atoms with Crippen molar-refractivity contribution in [2.24, 2.45) is 0 Å². The molecule has 4 aromatic rings. The van der Waals surface area contributed by atoms with Crippen LogP contribution in [-0.2, 0) is 0 Å². The van der Waals surface area contributed by atoms with Crippen LogP contribution in [0.1, 0.15) is 0 Å². The maximum absolute atomic E-state index is 14.4. The van der Waals surface area contributed by atoms with Crippen LogP contribution < -0.4 is 4.74 Å². The molecule has 5 nitrogen and oxygen atoms in total. The zero-order chi connectivity index (χ0) is 17.4. The average molecular weight is 335 g/mol. The number of ether oxygens (including phenoxy) is 1. The monoisotopic (exact) mass is 335 g/mol. The van der Waals surface area contributed by atoms with Gasteiger partial charge in [-0.3, -0.25) is 9.38 Å². The summed E-state index contributed by atoms with van der Waals surface area (Å²) in [6, 6.07) is 11.5. The van der Waals surface area contributed by atoms with Gasteiger partial charge in [0.1, 0.15) is 23.0 Å². The molecular weight excluding hydrogens is 321 g/mol. The van der Waals surface area contributed by atoms with E-state index < -0.39 is 5.82 Å². The lowest BCUT2D eigenvalue weighted by molar-refractivity contribution is 0.416. The Kier molecular flexibility index (Phi) is 3.57. The van der Waals surface area contributed by atoms with E-state index in [0.29, 0.717) is 22.8 Å². The molecule has 3 aromatic heterocycles. The lowest BCUT2D eigenvalue weighted by Gasteiger charge is -2.05. The first-order valence-electron chi connectivity index (χ1n) is 7.64. The Bertz CT molecular complexity index is 1060. The number of halogens is 1. The minimum Gasteiger partial charge on any atom is -0.507 e. The van der Waals surface area contributed by atoms with Gasteiger partial charge in [-0.05, 0) is 30.3 Å². The van der Waals surface area contributed by atoms with Gasteiger partial charge in [0, 0.05) is 18.6 Å². The number of phenolic OH excluding ortho intramolecular Hbond substituents is 1. The van der Waals surface area contributed by atoms with Gasteiger partial charge in [0.15, 0.2) is 5.82 Å². The quantitative estimate of drug-likeness (QED) is 0.616. The van der Waals surface area contributed by atoms with Crippen LogP contribution in [0.15, 0.2) is 61.1 Å². The Hall–Kier alpha value is -3.41. The molecule has 0 bridgehead atoms. The maximum Gasteiger partial charge on any atom is 0.152 e. The third-order valence-corrected chi connectivity index (χ3v) is 4.02. The molecule has 0 unspecified atom stereocenters. The van der Waals surface area contributed by atoms with E-state index in [1.165, 1.54) is 18.2 Å². The number of phenols is 1. The number of hydrogen-bond acceptors (Lipinski definition) is 4. The van der Waals surface area contributed by atoms with Crippen molar-refractivity contribution in [3.05, 3.63) is 66.9 Å².